The van der Waals surface area contributed by atoms with E-state index < -0.39 is 0 Å². The first-order valence-electron chi connectivity index (χ1n) is 6.67. The molecule has 0 aromatic carbocycles. The van der Waals surface area contributed by atoms with Crippen LogP contribution in [0.1, 0.15) is 46.5 Å². The number of amides is 1. The highest BCUT2D eigenvalue weighted by atomic mass is 32.1. The molecule has 2 aliphatic carbocycles. The average molecular weight is 295 g/mol. The molecule has 1 amide bonds. The maximum atomic E-state index is 11.7. The molecule has 19 heavy (non-hydrogen) atoms. The van der Waals surface area contributed by atoms with Crippen LogP contribution in [0.15, 0.2) is 0 Å². The van der Waals surface area contributed by atoms with Gasteiger partial charge in [0.2, 0.25) is 0 Å². The van der Waals surface area contributed by atoms with Crippen LogP contribution in [-0.2, 0) is 12.8 Å². The molecule has 0 saturated heterocycles. The molecule has 102 valence electrons. The summed E-state index contributed by atoms with van der Waals surface area (Å²) in [5.41, 5.74) is 7.33. The number of nitrogens with one attached hydrogen (secondary N) is 2. The Morgan fingerprint density at radius 3 is 2.74 bits per heavy atom. The Balaban J connectivity index is 1.84. The lowest BCUT2D eigenvalue weighted by Gasteiger charge is -2.11. The number of hydrogen-bond acceptors (Lipinski definition) is 3. The standard InChI is InChI=1S/C13H17N3OS2/c14-11(17)10-8-3-1-2-4-9(8)19-12(10)16-13(18)15-7-5-6-7/h7H,1-6H2,(H2,14,17)(H2,15,16,18). The molecule has 1 heterocycles. The third-order valence-corrected chi connectivity index (χ3v) is 4.98. The van der Waals surface area contributed by atoms with E-state index in [1.165, 1.54) is 24.1 Å². The Kier molecular flexibility index (Phi) is 3.45. The summed E-state index contributed by atoms with van der Waals surface area (Å²) < 4.78 is 0. The van der Waals surface area contributed by atoms with Gasteiger partial charge in [-0.2, -0.15) is 0 Å². The topological polar surface area (TPSA) is 67.2 Å². The van der Waals surface area contributed by atoms with Gasteiger partial charge in [0, 0.05) is 10.9 Å². The second kappa shape index (κ2) is 5.09. The highest BCUT2D eigenvalue weighted by Gasteiger charge is 2.26. The smallest absolute Gasteiger partial charge is 0.251 e. The van der Waals surface area contributed by atoms with Gasteiger partial charge in [0.15, 0.2) is 5.11 Å². The maximum Gasteiger partial charge on any atom is 0.251 e. The second-order valence-electron chi connectivity index (χ2n) is 5.15. The predicted octanol–water partition coefficient (Wildman–Crippen LogP) is 2.17. The number of primary amides is 1. The number of aryl methyl sites for hydroxylation is 1. The summed E-state index contributed by atoms with van der Waals surface area (Å²) in [4.78, 5) is 13.0. The molecule has 6 heteroatoms. The number of hydrogen-bond donors (Lipinski definition) is 3. The summed E-state index contributed by atoms with van der Waals surface area (Å²) in [6.07, 6.45) is 6.67. The van der Waals surface area contributed by atoms with Crippen molar-refractivity contribution in [1.29, 1.82) is 0 Å². The molecule has 4 N–H and O–H groups in total. The molecule has 4 nitrogen and oxygen atoms in total. The largest absolute Gasteiger partial charge is 0.365 e. The van der Waals surface area contributed by atoms with Crippen molar-refractivity contribution >= 4 is 39.6 Å². The van der Waals surface area contributed by atoms with Crippen molar-refractivity contribution in [2.24, 2.45) is 5.73 Å². The average Bonchev–Trinajstić information content (AvgIpc) is 3.08. The molecular weight excluding hydrogens is 278 g/mol. The number of thiocarbonyl (C=S) groups is 1. The SMILES string of the molecule is NC(=O)c1c(NC(=S)NC2CC2)sc2c1CCCC2. The zero-order valence-electron chi connectivity index (χ0n) is 10.6. The molecule has 1 aromatic rings. The molecule has 0 unspecified atom stereocenters. The van der Waals surface area contributed by atoms with E-state index in [1.54, 1.807) is 11.3 Å². The van der Waals surface area contributed by atoms with Crippen molar-refractivity contribution in [3.8, 4) is 0 Å². The van der Waals surface area contributed by atoms with Gasteiger partial charge >= 0.3 is 0 Å². The van der Waals surface area contributed by atoms with E-state index in [0.717, 1.165) is 29.8 Å². The van der Waals surface area contributed by atoms with Gasteiger partial charge in [0.1, 0.15) is 5.00 Å². The van der Waals surface area contributed by atoms with Crippen LogP contribution in [0.25, 0.3) is 0 Å². The van der Waals surface area contributed by atoms with Crippen LogP contribution in [0.2, 0.25) is 0 Å². The van der Waals surface area contributed by atoms with Crippen molar-refractivity contribution in [3.63, 3.8) is 0 Å². The molecule has 0 spiro atoms. The van der Waals surface area contributed by atoms with Gasteiger partial charge in [-0.25, -0.2) is 0 Å². The van der Waals surface area contributed by atoms with E-state index in [9.17, 15) is 4.79 Å². The van der Waals surface area contributed by atoms with Crippen LogP contribution in [0.5, 0.6) is 0 Å². The molecule has 0 bridgehead atoms. The van der Waals surface area contributed by atoms with E-state index in [4.69, 9.17) is 18.0 Å². The van der Waals surface area contributed by atoms with Gasteiger partial charge in [0.25, 0.3) is 5.91 Å². The fourth-order valence-electron chi connectivity index (χ4n) is 2.47. The van der Waals surface area contributed by atoms with E-state index >= 15 is 0 Å². The number of carbonyl (C=O) groups excluding carboxylic acids is 1. The summed E-state index contributed by atoms with van der Waals surface area (Å²) in [6.45, 7) is 0. The third-order valence-electron chi connectivity index (χ3n) is 3.56. The number of rotatable bonds is 3. The minimum Gasteiger partial charge on any atom is -0.365 e. The molecule has 3 rings (SSSR count). The van der Waals surface area contributed by atoms with Crippen LogP contribution in [0, 0.1) is 0 Å². The molecule has 0 radical (unpaired) electrons. The van der Waals surface area contributed by atoms with Crippen LogP contribution >= 0.6 is 23.6 Å². The van der Waals surface area contributed by atoms with Crippen molar-refractivity contribution < 1.29 is 4.79 Å². The number of carbonyl (C=O) groups is 1. The van der Waals surface area contributed by atoms with Crippen LogP contribution in [0.4, 0.5) is 5.00 Å². The zero-order valence-corrected chi connectivity index (χ0v) is 12.3. The first kappa shape index (κ1) is 12.9. The number of fused-ring (bicyclic) bond motifs is 1. The van der Waals surface area contributed by atoms with Gasteiger partial charge in [-0.1, -0.05) is 0 Å². The molecule has 1 fully saturated rings. The fraction of sp³-hybridized carbons (Fsp3) is 0.538. The molecule has 1 saturated carbocycles. The van der Waals surface area contributed by atoms with E-state index in [0.29, 0.717) is 16.7 Å². The van der Waals surface area contributed by atoms with Crippen molar-refractivity contribution in [3.05, 3.63) is 16.0 Å². The van der Waals surface area contributed by atoms with Crippen LogP contribution in [0.3, 0.4) is 0 Å². The van der Waals surface area contributed by atoms with E-state index in [1.807, 2.05) is 0 Å². The molecular formula is C13H17N3OS2. The van der Waals surface area contributed by atoms with Crippen molar-refractivity contribution in [2.75, 3.05) is 5.32 Å². The lowest BCUT2D eigenvalue weighted by molar-refractivity contribution is 0.100. The van der Waals surface area contributed by atoms with Crippen molar-refractivity contribution in [1.82, 2.24) is 5.32 Å². The first-order valence-corrected chi connectivity index (χ1v) is 7.89. The van der Waals surface area contributed by atoms with E-state index in [2.05, 4.69) is 10.6 Å². The quantitative estimate of drug-likeness (QED) is 0.748. The minimum absolute atomic E-state index is 0.351. The third kappa shape index (κ3) is 2.74. The summed E-state index contributed by atoms with van der Waals surface area (Å²) in [5.74, 6) is -0.351. The van der Waals surface area contributed by atoms with Gasteiger partial charge in [-0.3, -0.25) is 4.79 Å². The highest BCUT2D eigenvalue weighted by Crippen LogP contribution is 2.37. The fourth-order valence-corrected chi connectivity index (χ4v) is 4.10. The van der Waals surface area contributed by atoms with Gasteiger partial charge in [0.05, 0.1) is 5.56 Å². The molecule has 1 aromatic heterocycles. The predicted molar refractivity (Wildman–Crippen MR) is 81.9 cm³/mol. The van der Waals surface area contributed by atoms with Crippen LogP contribution < -0.4 is 16.4 Å². The normalized spacial score (nSPS) is 17.7. The summed E-state index contributed by atoms with van der Waals surface area (Å²) in [5, 5.41) is 7.80. The first-order chi connectivity index (χ1) is 9.15. The van der Waals surface area contributed by atoms with Gasteiger partial charge < -0.3 is 16.4 Å². The maximum absolute atomic E-state index is 11.7. The Labute approximate surface area is 121 Å². The van der Waals surface area contributed by atoms with Crippen molar-refractivity contribution in [2.45, 2.75) is 44.6 Å². The van der Waals surface area contributed by atoms with Gasteiger partial charge in [-0.05, 0) is 56.3 Å². The van der Waals surface area contributed by atoms with Crippen LogP contribution in [-0.4, -0.2) is 17.1 Å². The Bertz CT molecular complexity index is 534. The zero-order chi connectivity index (χ0) is 13.4. The lowest BCUT2D eigenvalue weighted by atomic mass is 9.95. The minimum atomic E-state index is -0.351. The molecule has 0 aliphatic heterocycles. The molecule has 0 atom stereocenters. The Hall–Kier alpha value is -1.14. The number of anilines is 1. The summed E-state index contributed by atoms with van der Waals surface area (Å²) in [7, 11) is 0. The number of nitrogens with two attached hydrogens (primary N) is 1. The second-order valence-corrected chi connectivity index (χ2v) is 6.67. The Morgan fingerprint density at radius 2 is 2.05 bits per heavy atom. The molecule has 2 aliphatic rings. The van der Waals surface area contributed by atoms with E-state index in [-0.39, 0.29) is 5.91 Å². The monoisotopic (exact) mass is 295 g/mol. The van der Waals surface area contributed by atoms with Gasteiger partial charge in [-0.15, -0.1) is 11.3 Å². The lowest BCUT2D eigenvalue weighted by Crippen LogP contribution is -2.30. The number of thiophene rings is 1. The Morgan fingerprint density at radius 1 is 1.32 bits per heavy atom. The summed E-state index contributed by atoms with van der Waals surface area (Å²) >= 11 is 6.90. The highest BCUT2D eigenvalue weighted by molar-refractivity contribution is 7.80. The summed E-state index contributed by atoms with van der Waals surface area (Å²) in [6, 6.07) is 0.506.